The second-order valence-corrected chi connectivity index (χ2v) is 24.4. The van der Waals surface area contributed by atoms with Crippen LogP contribution in [0.1, 0.15) is 51.8 Å². The smallest absolute Gasteiger partial charge is 0.337 e. The van der Waals surface area contributed by atoms with E-state index in [-0.39, 0.29) is 39.6 Å². The van der Waals surface area contributed by atoms with E-state index in [2.05, 4.69) is 36.4 Å². The van der Waals surface area contributed by atoms with Crippen LogP contribution in [-0.4, -0.2) is 105 Å². The van der Waals surface area contributed by atoms with E-state index in [0.717, 1.165) is 84.9 Å². The molecule has 3 amide bonds. The molecule has 0 aliphatic heterocycles. The van der Waals surface area contributed by atoms with Crippen molar-refractivity contribution in [1.29, 1.82) is 0 Å². The molecule has 0 aromatic heterocycles. The third kappa shape index (κ3) is 13.8. The van der Waals surface area contributed by atoms with E-state index in [1.165, 1.54) is 12.1 Å². The van der Waals surface area contributed by atoms with Gasteiger partial charge in [0.2, 0.25) is 0 Å². The van der Waals surface area contributed by atoms with Crippen molar-refractivity contribution in [3.63, 3.8) is 0 Å². The number of rotatable bonds is 18. The fourth-order valence-electron chi connectivity index (χ4n) is 7.98. The van der Waals surface area contributed by atoms with Crippen LogP contribution < -0.4 is 16.0 Å². The number of azo groups is 2. The van der Waals surface area contributed by atoms with Gasteiger partial charge >= 0.3 is 11.9 Å². The molecule has 0 atom stereocenters. The van der Waals surface area contributed by atoms with Crippen LogP contribution in [0.25, 0.3) is 21.5 Å². The number of nitrogens with zero attached hydrogens (tertiary/aromatic N) is 4. The quantitative estimate of drug-likeness (QED) is 0.0166. The molecule has 84 heavy (non-hydrogen) atoms. The van der Waals surface area contributed by atoms with E-state index in [4.69, 9.17) is 0 Å². The molecule has 10 N–H and O–H groups in total. The maximum Gasteiger partial charge on any atom is 0.337 e. The third-order valence-corrected chi connectivity index (χ3v) is 16.3. The number of carbonyl (C=O) groups is 5. The molecule has 0 radical (unpaired) electrons. The molecule has 35 heteroatoms. The van der Waals surface area contributed by atoms with Crippen LogP contribution in [0.2, 0.25) is 0 Å². The summed E-state index contributed by atoms with van der Waals surface area (Å²) in [6.45, 7) is 0. The molecule has 0 unspecified atom stereocenters. The molecule has 8 rings (SSSR count). The van der Waals surface area contributed by atoms with Crippen LogP contribution in [0.4, 0.5) is 39.8 Å². The number of carboxylic acid groups (broad SMARTS) is 2. The van der Waals surface area contributed by atoms with Gasteiger partial charge in [-0.2, -0.15) is 54.1 Å². The number of amides is 3. The van der Waals surface area contributed by atoms with Gasteiger partial charge in [0.15, 0.2) is 10.7 Å². The number of nitrogens with one attached hydrogen (secondary N) is 3. The first-order valence-electron chi connectivity index (χ1n) is 22.6. The zero-order valence-corrected chi connectivity index (χ0v) is 46.2. The number of para-hydroxylation sites is 1. The highest BCUT2D eigenvalue weighted by Crippen LogP contribution is 2.39. The fraction of sp³-hybridized carbons (Fsp3) is 0. The molecule has 0 spiro atoms. The minimum Gasteiger partial charge on any atom is -0.478 e. The molecule has 8 aromatic rings. The molecule has 0 heterocycles. The van der Waals surface area contributed by atoms with E-state index in [9.17, 15) is 99.0 Å². The molecular formula is C49H33N7O22S6. The maximum absolute atomic E-state index is 14.0. The van der Waals surface area contributed by atoms with Gasteiger partial charge in [0, 0.05) is 60.9 Å². The fourth-order valence-corrected chi connectivity index (χ4v) is 11.8. The van der Waals surface area contributed by atoms with Crippen molar-refractivity contribution in [3.8, 4) is 0 Å². The Bertz CT molecular complexity index is 4800. The zero-order valence-electron chi connectivity index (χ0n) is 41.2. The highest BCUT2D eigenvalue weighted by Gasteiger charge is 2.27. The number of carboxylic acids is 2. The van der Waals surface area contributed by atoms with Gasteiger partial charge < -0.3 is 30.7 Å². The second kappa shape index (κ2) is 23.5. The number of thiol groups is 1. The van der Waals surface area contributed by atoms with Crippen LogP contribution in [0.3, 0.4) is 0 Å². The summed E-state index contributed by atoms with van der Waals surface area (Å²) >= 11 is 0.00184. The lowest BCUT2D eigenvalue weighted by Gasteiger charge is -2.13. The van der Waals surface area contributed by atoms with Gasteiger partial charge in [0.25, 0.3) is 58.2 Å². The summed E-state index contributed by atoms with van der Waals surface area (Å²) in [6.07, 6.45) is 0. The first-order valence-corrected chi connectivity index (χ1v) is 30.3. The van der Waals surface area contributed by atoms with Crippen molar-refractivity contribution in [2.45, 2.75) is 29.4 Å². The minimum atomic E-state index is -5.27. The average molecular weight is 1260 g/mol. The van der Waals surface area contributed by atoms with Crippen molar-refractivity contribution < 1.29 is 99.0 Å². The summed E-state index contributed by atoms with van der Waals surface area (Å²) < 4.78 is 172. The van der Waals surface area contributed by atoms with E-state index in [0.29, 0.717) is 18.2 Å². The minimum absolute atomic E-state index is 0.00184. The molecule has 8 aromatic carbocycles. The molecule has 0 saturated carbocycles. The molecule has 29 nitrogen and oxygen atoms in total. The first kappa shape index (κ1) is 60.8. The van der Waals surface area contributed by atoms with Gasteiger partial charge in [-0.1, -0.05) is 18.2 Å². The standard InChI is InChI=1S/C49H33N7O22S6/c57-45(50-26-4-2-1-3-5-26)23-10-24(46(58)51-39-8-6-27(13-37(39)48(60)61)53-55-29-15-33-35(41(17-29)81(67,68)69)19-31(79-64)20-43(33)83(73,74)75)12-25(11-23)47(59)52-40-9-7-28(14-38(40)49(62)63)54-56-30-16-34-36(42(18-30)82(70,71)72)21-32(80(65)66)22-44(34)84(76,77)78/h1-22,64,80H,(H,50,57)(H,51,58)(H,52,59)(H,60,61)(H,62,63)(H,67,68,69)(H,70,71,72)(H,73,74,75)(H,76,77,78)/b55-53+,56-54+. The first-order chi connectivity index (χ1) is 39.3. The van der Waals surface area contributed by atoms with E-state index >= 15 is 0 Å². The van der Waals surface area contributed by atoms with Crippen LogP contribution in [0, 0.1) is 0 Å². The lowest BCUT2D eigenvalue weighted by atomic mass is 10.0. The Morgan fingerprint density at radius 3 is 1.18 bits per heavy atom. The van der Waals surface area contributed by atoms with Crippen molar-refractivity contribution in [1.82, 2.24) is 0 Å². The second-order valence-electron chi connectivity index (χ2n) is 17.2. The SMILES string of the molecule is O=C(Nc1ccccc1)c1cc(C(=O)Nc2ccc(/N=N/c3cc(S(=O)(=O)O)c4cc(SO)cc(S(=O)(=O)O)c4c3)cc2C(=O)O)cc(C(=O)Nc2ccc(/N=N/c3cc(S(=O)(=O)O)c4cc([SH](=O)=O)cc(S(=O)(=O)O)c4c3)cc2C(=O)O)c1. The van der Waals surface area contributed by atoms with Gasteiger partial charge in [0.05, 0.1) is 50.1 Å². The number of aromatic carboxylic acids is 2. The highest BCUT2D eigenvalue weighted by molar-refractivity contribution is 7.94. The molecule has 0 saturated heterocycles. The van der Waals surface area contributed by atoms with Crippen molar-refractivity contribution >= 4 is 154 Å². The number of carbonyl (C=O) groups excluding carboxylic acids is 3. The van der Waals surface area contributed by atoms with Crippen molar-refractivity contribution in [3.05, 3.63) is 161 Å². The third-order valence-electron chi connectivity index (χ3n) is 11.6. The van der Waals surface area contributed by atoms with Crippen LogP contribution in [-0.2, 0) is 51.2 Å². The average Bonchev–Trinajstić information content (AvgIpc) is 1.83. The number of benzene rings is 8. The van der Waals surface area contributed by atoms with Gasteiger partial charge in [0.1, 0.15) is 19.6 Å². The zero-order chi connectivity index (χ0) is 61.4. The van der Waals surface area contributed by atoms with Crippen molar-refractivity contribution in [2.24, 2.45) is 20.5 Å². The Kier molecular flexibility index (Phi) is 17.0. The van der Waals surface area contributed by atoms with Crippen LogP contribution >= 0.6 is 12.0 Å². The van der Waals surface area contributed by atoms with E-state index < -0.39 is 172 Å². The van der Waals surface area contributed by atoms with Gasteiger partial charge in [-0.15, -0.1) is 0 Å². The lowest BCUT2D eigenvalue weighted by molar-refractivity contribution is 0.0687. The van der Waals surface area contributed by atoms with E-state index in [1.807, 2.05) is 0 Å². The van der Waals surface area contributed by atoms with Crippen molar-refractivity contribution in [2.75, 3.05) is 16.0 Å². The Hall–Kier alpha value is -9.27. The summed E-state index contributed by atoms with van der Waals surface area (Å²) in [7, 11) is -24.4. The Morgan fingerprint density at radius 2 is 0.786 bits per heavy atom. The monoisotopic (exact) mass is 1260 g/mol. The number of fused-ring (bicyclic) bond motifs is 2. The Balaban J connectivity index is 1.11. The number of anilines is 3. The van der Waals surface area contributed by atoms with Gasteiger partial charge in [-0.25, -0.2) is 18.0 Å². The molecule has 0 bridgehead atoms. The predicted molar refractivity (Wildman–Crippen MR) is 296 cm³/mol. The molecular weight excluding hydrogens is 1230 g/mol. The normalized spacial score (nSPS) is 12.3. The summed E-state index contributed by atoms with van der Waals surface area (Å²) in [6, 6.07) is 23.1. The van der Waals surface area contributed by atoms with E-state index in [1.54, 1.807) is 18.2 Å². The summed E-state index contributed by atoms with van der Waals surface area (Å²) in [4.78, 5) is 62.0. The topological polar surface area (TPSA) is 483 Å². The van der Waals surface area contributed by atoms with Crippen LogP contribution in [0.15, 0.2) is 183 Å². The predicted octanol–water partition coefficient (Wildman–Crippen LogP) is 8.50. The lowest BCUT2D eigenvalue weighted by Crippen LogP contribution is -2.20. The molecule has 0 aliphatic rings. The molecule has 0 aliphatic carbocycles. The number of hydrogen-bond donors (Lipinski definition) is 11. The van der Waals surface area contributed by atoms with Crippen LogP contribution in [0.5, 0.6) is 0 Å². The largest absolute Gasteiger partial charge is 0.478 e. The molecule has 432 valence electrons. The highest BCUT2D eigenvalue weighted by atomic mass is 32.2. The van der Waals surface area contributed by atoms with Gasteiger partial charge in [-0.05, 0) is 115 Å². The molecule has 0 fully saturated rings. The Morgan fingerprint density at radius 1 is 0.417 bits per heavy atom. The maximum atomic E-state index is 14.0. The number of hydrogen-bond acceptors (Lipinski definition) is 21. The Labute approximate surface area is 477 Å². The van der Waals surface area contributed by atoms with Gasteiger partial charge in [-0.3, -0.25) is 32.6 Å². The summed E-state index contributed by atoms with van der Waals surface area (Å²) in [5.74, 6) is -6.49. The summed E-state index contributed by atoms with van der Waals surface area (Å²) in [5, 5.41) is 40.8. The summed E-state index contributed by atoms with van der Waals surface area (Å²) in [5.41, 5.74) is -4.69.